The predicted octanol–water partition coefficient (Wildman–Crippen LogP) is 2.62. The van der Waals surface area contributed by atoms with Gasteiger partial charge in [-0.15, -0.1) is 0 Å². The Morgan fingerprint density at radius 2 is 2.15 bits per heavy atom. The molecule has 2 atom stereocenters. The fourth-order valence-electron chi connectivity index (χ4n) is 2.61. The minimum Gasteiger partial charge on any atom is -0.370 e. The third kappa shape index (κ3) is 3.42. The van der Waals surface area contributed by atoms with E-state index in [0.29, 0.717) is 12.6 Å². The number of fused-ring (bicyclic) bond motifs is 1. The second-order valence-electron chi connectivity index (χ2n) is 5.41. The molecule has 1 aliphatic rings. The first-order valence-corrected chi connectivity index (χ1v) is 7.32. The number of aryl methyl sites for hydroxylation is 1. The molecule has 1 aromatic rings. The average Bonchev–Trinajstić information content (AvgIpc) is 2.87. The number of rotatable bonds is 7. The molecule has 2 rings (SSSR count). The Balaban J connectivity index is 1.83. The van der Waals surface area contributed by atoms with Crippen LogP contribution in [0.25, 0.3) is 0 Å². The molecule has 0 saturated heterocycles. The predicted molar refractivity (Wildman–Crippen MR) is 85.2 cm³/mol. The molecule has 0 radical (unpaired) electrons. The number of benzene rings is 1. The van der Waals surface area contributed by atoms with E-state index in [1.54, 1.807) is 0 Å². The highest BCUT2D eigenvalue weighted by atomic mass is 15.1. The van der Waals surface area contributed by atoms with Gasteiger partial charge >= 0.3 is 0 Å². The normalized spacial score (nSPS) is 18.2. The quantitative estimate of drug-likeness (QED) is 0.668. The first-order valence-electron chi connectivity index (χ1n) is 7.32. The van der Waals surface area contributed by atoms with Gasteiger partial charge in [-0.2, -0.15) is 0 Å². The topological polar surface area (TPSA) is 50.1 Å². The largest absolute Gasteiger partial charge is 0.370 e. The highest BCUT2D eigenvalue weighted by molar-refractivity contribution is 5.34. The van der Waals surface area contributed by atoms with Crippen molar-refractivity contribution in [3.63, 3.8) is 0 Å². The van der Waals surface area contributed by atoms with Crippen LogP contribution in [0.15, 0.2) is 48.8 Å². The van der Waals surface area contributed by atoms with E-state index in [1.807, 2.05) is 0 Å². The Labute approximate surface area is 122 Å². The second kappa shape index (κ2) is 6.62. The van der Waals surface area contributed by atoms with Crippen molar-refractivity contribution in [2.45, 2.75) is 38.3 Å². The van der Waals surface area contributed by atoms with E-state index in [-0.39, 0.29) is 6.04 Å². The zero-order valence-electron chi connectivity index (χ0n) is 12.3. The Bertz CT molecular complexity index is 493. The molecule has 0 fully saturated rings. The molecule has 0 aliphatic heterocycles. The zero-order chi connectivity index (χ0) is 14.5. The summed E-state index contributed by atoms with van der Waals surface area (Å²) in [6, 6.07) is 8.93. The van der Waals surface area contributed by atoms with Gasteiger partial charge in [0.1, 0.15) is 0 Å². The Morgan fingerprint density at radius 1 is 1.40 bits per heavy atom. The summed E-state index contributed by atoms with van der Waals surface area (Å²) in [4.78, 5) is 0. The number of nitrogens with two attached hydrogens (primary N) is 1. The van der Waals surface area contributed by atoms with Gasteiger partial charge in [0.05, 0.1) is 11.9 Å². The van der Waals surface area contributed by atoms with Gasteiger partial charge in [0.15, 0.2) is 0 Å². The van der Waals surface area contributed by atoms with Crippen molar-refractivity contribution >= 4 is 0 Å². The highest BCUT2D eigenvalue weighted by Gasteiger charge is 2.21. The van der Waals surface area contributed by atoms with Gasteiger partial charge in [0.2, 0.25) is 0 Å². The molecule has 1 aromatic carbocycles. The second-order valence-corrected chi connectivity index (χ2v) is 5.41. The standard InChI is InChI=1S/C17H25N3/c1-4-12(2)16(18)11-19-13(3)20-17-10-9-14-7-5-6-8-15(14)17/h5-8,16-17,19-20H,2-4,9-11,18H2,1H3/t16-,17?/m0/s1. The van der Waals surface area contributed by atoms with Crippen LogP contribution in [0.1, 0.15) is 36.9 Å². The third-order valence-corrected chi connectivity index (χ3v) is 4.00. The van der Waals surface area contributed by atoms with Crippen LogP contribution >= 0.6 is 0 Å². The SMILES string of the molecule is C=C(NC[C@H](N)C(=C)CC)NC1CCc2ccccc21. The molecule has 1 aliphatic carbocycles. The van der Waals surface area contributed by atoms with Crippen molar-refractivity contribution in [3.8, 4) is 0 Å². The van der Waals surface area contributed by atoms with E-state index in [1.165, 1.54) is 11.1 Å². The van der Waals surface area contributed by atoms with Crippen LogP contribution in [-0.2, 0) is 6.42 Å². The molecule has 0 heterocycles. The summed E-state index contributed by atoms with van der Waals surface area (Å²) in [6.07, 6.45) is 3.17. The average molecular weight is 271 g/mol. The van der Waals surface area contributed by atoms with Gasteiger partial charge in [0.25, 0.3) is 0 Å². The summed E-state index contributed by atoms with van der Waals surface area (Å²) < 4.78 is 0. The van der Waals surface area contributed by atoms with E-state index < -0.39 is 0 Å². The molecule has 0 aromatic heterocycles. The summed E-state index contributed by atoms with van der Waals surface area (Å²) in [7, 11) is 0. The number of nitrogens with one attached hydrogen (secondary N) is 2. The molecule has 20 heavy (non-hydrogen) atoms. The van der Waals surface area contributed by atoms with Crippen LogP contribution in [0.3, 0.4) is 0 Å². The number of hydrogen-bond donors (Lipinski definition) is 3. The zero-order valence-corrected chi connectivity index (χ0v) is 12.3. The highest BCUT2D eigenvalue weighted by Crippen LogP contribution is 2.30. The minimum absolute atomic E-state index is 0.0191. The van der Waals surface area contributed by atoms with Crippen molar-refractivity contribution < 1.29 is 0 Å². The molecule has 4 N–H and O–H groups in total. The molecule has 1 unspecified atom stereocenters. The lowest BCUT2D eigenvalue weighted by molar-refractivity contribution is 0.545. The van der Waals surface area contributed by atoms with Gasteiger partial charge in [-0.05, 0) is 30.4 Å². The van der Waals surface area contributed by atoms with Crippen molar-refractivity contribution in [1.82, 2.24) is 10.6 Å². The molecule has 0 amide bonds. The lowest BCUT2D eigenvalue weighted by Crippen LogP contribution is -2.38. The molecule has 0 saturated carbocycles. The first-order chi connectivity index (χ1) is 9.61. The van der Waals surface area contributed by atoms with Crippen LogP contribution in [0.4, 0.5) is 0 Å². The summed E-state index contributed by atoms with van der Waals surface area (Å²) in [5.41, 5.74) is 9.92. The summed E-state index contributed by atoms with van der Waals surface area (Å²) in [6.45, 7) is 10.8. The van der Waals surface area contributed by atoms with E-state index in [4.69, 9.17) is 5.73 Å². The molecule has 3 nitrogen and oxygen atoms in total. The Morgan fingerprint density at radius 3 is 2.90 bits per heavy atom. The molecule has 0 bridgehead atoms. The first kappa shape index (κ1) is 14.7. The van der Waals surface area contributed by atoms with Crippen LogP contribution in [-0.4, -0.2) is 12.6 Å². The van der Waals surface area contributed by atoms with Crippen LogP contribution < -0.4 is 16.4 Å². The van der Waals surface area contributed by atoms with Gasteiger partial charge < -0.3 is 16.4 Å². The molecule has 108 valence electrons. The smallest absolute Gasteiger partial charge is 0.0917 e. The summed E-state index contributed by atoms with van der Waals surface area (Å²) >= 11 is 0. The third-order valence-electron chi connectivity index (χ3n) is 4.00. The monoisotopic (exact) mass is 271 g/mol. The van der Waals surface area contributed by atoms with E-state index >= 15 is 0 Å². The van der Waals surface area contributed by atoms with Crippen molar-refractivity contribution in [1.29, 1.82) is 0 Å². The maximum atomic E-state index is 6.03. The lowest BCUT2D eigenvalue weighted by atomic mass is 10.1. The fourth-order valence-corrected chi connectivity index (χ4v) is 2.61. The van der Waals surface area contributed by atoms with E-state index in [9.17, 15) is 0 Å². The molecule has 0 spiro atoms. The maximum absolute atomic E-state index is 6.03. The minimum atomic E-state index is -0.0191. The van der Waals surface area contributed by atoms with Gasteiger partial charge in [-0.3, -0.25) is 0 Å². The Kier molecular flexibility index (Phi) is 4.85. The summed E-state index contributed by atoms with van der Waals surface area (Å²) in [5.74, 6) is 0.839. The van der Waals surface area contributed by atoms with Crippen LogP contribution in [0, 0.1) is 0 Å². The van der Waals surface area contributed by atoms with E-state index in [0.717, 1.165) is 30.7 Å². The fraction of sp³-hybridized carbons (Fsp3) is 0.412. The van der Waals surface area contributed by atoms with Gasteiger partial charge in [-0.25, -0.2) is 0 Å². The van der Waals surface area contributed by atoms with Crippen LogP contribution in [0.5, 0.6) is 0 Å². The Hall–Kier alpha value is -1.74. The van der Waals surface area contributed by atoms with Crippen molar-refractivity contribution in [2.75, 3.05) is 6.54 Å². The van der Waals surface area contributed by atoms with E-state index in [2.05, 4.69) is 55.0 Å². The van der Waals surface area contributed by atoms with Crippen LogP contribution in [0.2, 0.25) is 0 Å². The van der Waals surface area contributed by atoms with Gasteiger partial charge in [-0.1, -0.05) is 49.9 Å². The molecular formula is C17H25N3. The van der Waals surface area contributed by atoms with Gasteiger partial charge in [0, 0.05) is 12.6 Å². The molecule has 3 heteroatoms. The molecular weight excluding hydrogens is 246 g/mol. The lowest BCUT2D eigenvalue weighted by Gasteiger charge is -2.21. The van der Waals surface area contributed by atoms with Crippen molar-refractivity contribution in [3.05, 3.63) is 59.9 Å². The van der Waals surface area contributed by atoms with Crippen molar-refractivity contribution in [2.24, 2.45) is 5.73 Å². The number of hydrogen-bond acceptors (Lipinski definition) is 3. The maximum Gasteiger partial charge on any atom is 0.0917 e. The summed E-state index contributed by atoms with van der Waals surface area (Å²) in [5, 5.41) is 6.72.